The molecule has 0 radical (unpaired) electrons. The molecule has 120 valence electrons. The van der Waals surface area contributed by atoms with E-state index in [0.717, 1.165) is 26.1 Å². The Morgan fingerprint density at radius 3 is 2.83 bits per heavy atom. The quantitative estimate of drug-likeness (QED) is 0.862. The summed E-state index contributed by atoms with van der Waals surface area (Å²) in [5.41, 5.74) is 2.71. The predicted octanol–water partition coefficient (Wildman–Crippen LogP) is 3.47. The lowest BCUT2D eigenvalue weighted by atomic mass is 10.00. The second kappa shape index (κ2) is 6.46. The highest BCUT2D eigenvalue weighted by Crippen LogP contribution is 2.34. The van der Waals surface area contributed by atoms with Crippen LogP contribution in [0.1, 0.15) is 34.9 Å². The number of nitrogens with zero attached hydrogens (tertiary/aromatic N) is 2. The van der Waals surface area contributed by atoms with E-state index in [1.54, 1.807) is 0 Å². The normalized spacial score (nSPS) is 21.4. The Morgan fingerprint density at radius 2 is 2.00 bits per heavy atom. The van der Waals surface area contributed by atoms with Crippen LogP contribution in [0.15, 0.2) is 41.8 Å². The van der Waals surface area contributed by atoms with E-state index in [1.165, 1.54) is 28.8 Å². The average Bonchev–Trinajstić information content (AvgIpc) is 3.25. The number of benzene rings is 1. The molecule has 1 unspecified atom stereocenters. The van der Waals surface area contributed by atoms with E-state index in [0.29, 0.717) is 12.6 Å². The van der Waals surface area contributed by atoms with Gasteiger partial charge in [0.05, 0.1) is 6.54 Å². The van der Waals surface area contributed by atoms with Gasteiger partial charge in [0, 0.05) is 24.0 Å². The number of rotatable bonds is 3. The summed E-state index contributed by atoms with van der Waals surface area (Å²) in [6.45, 7) is 3.23. The third kappa shape index (κ3) is 3.06. The fraction of sp³-hybridized carbons (Fsp3) is 0.421. The molecular formula is C19H22N2OS. The standard InChI is InChI=1S/C19H22N2OS/c22-19(21-11-9-15-5-1-2-6-16(15)13-21)14-20-10-3-7-17(20)18-8-4-12-23-18/h1-2,4-6,8,12,17H,3,7,9-11,13-14H2. The summed E-state index contributed by atoms with van der Waals surface area (Å²) in [7, 11) is 0. The maximum atomic E-state index is 12.8. The van der Waals surface area contributed by atoms with E-state index in [1.807, 2.05) is 16.2 Å². The first-order valence-electron chi connectivity index (χ1n) is 8.43. The summed E-state index contributed by atoms with van der Waals surface area (Å²) >= 11 is 1.81. The molecule has 4 heteroatoms. The van der Waals surface area contributed by atoms with Gasteiger partial charge in [0.1, 0.15) is 0 Å². The molecule has 0 N–H and O–H groups in total. The number of hydrogen-bond donors (Lipinski definition) is 0. The monoisotopic (exact) mass is 326 g/mol. The van der Waals surface area contributed by atoms with Crippen molar-refractivity contribution in [3.63, 3.8) is 0 Å². The lowest BCUT2D eigenvalue weighted by Gasteiger charge is -2.31. The summed E-state index contributed by atoms with van der Waals surface area (Å²) in [4.78, 5) is 18.6. The molecule has 1 saturated heterocycles. The summed E-state index contributed by atoms with van der Waals surface area (Å²) in [6.07, 6.45) is 3.35. The van der Waals surface area contributed by atoms with Gasteiger partial charge in [0.25, 0.3) is 0 Å². The van der Waals surface area contributed by atoms with Crippen molar-refractivity contribution in [2.75, 3.05) is 19.6 Å². The van der Waals surface area contributed by atoms with Crippen molar-refractivity contribution in [1.82, 2.24) is 9.80 Å². The van der Waals surface area contributed by atoms with Gasteiger partial charge in [-0.2, -0.15) is 0 Å². The minimum Gasteiger partial charge on any atom is -0.337 e. The molecule has 1 atom stereocenters. The number of likely N-dealkylation sites (tertiary alicyclic amines) is 1. The van der Waals surface area contributed by atoms with Crippen molar-refractivity contribution in [3.8, 4) is 0 Å². The first-order chi connectivity index (χ1) is 11.3. The number of amides is 1. The summed E-state index contributed by atoms with van der Waals surface area (Å²) < 4.78 is 0. The van der Waals surface area contributed by atoms with Crippen molar-refractivity contribution >= 4 is 17.2 Å². The third-order valence-corrected chi connectivity index (χ3v) is 6.03. The van der Waals surface area contributed by atoms with Crippen LogP contribution < -0.4 is 0 Å². The number of thiophene rings is 1. The Hall–Kier alpha value is -1.65. The summed E-state index contributed by atoms with van der Waals surface area (Å²) in [5, 5.41) is 2.13. The van der Waals surface area contributed by atoms with Crippen LogP contribution in [0.4, 0.5) is 0 Å². The minimum atomic E-state index is 0.281. The van der Waals surface area contributed by atoms with Crippen LogP contribution >= 0.6 is 11.3 Å². The van der Waals surface area contributed by atoms with E-state index in [4.69, 9.17) is 0 Å². The lowest BCUT2D eigenvalue weighted by molar-refractivity contribution is -0.133. The molecule has 2 aliphatic heterocycles. The molecular weight excluding hydrogens is 304 g/mol. The molecule has 1 aromatic carbocycles. The van der Waals surface area contributed by atoms with Gasteiger partial charge >= 0.3 is 0 Å². The SMILES string of the molecule is O=C(CN1CCCC1c1cccs1)N1CCc2ccccc2C1. The first-order valence-corrected chi connectivity index (χ1v) is 9.31. The second-order valence-electron chi connectivity index (χ2n) is 6.48. The van der Waals surface area contributed by atoms with Gasteiger partial charge in [-0.15, -0.1) is 11.3 Å². The molecule has 2 aliphatic rings. The van der Waals surface area contributed by atoms with Gasteiger partial charge in [-0.05, 0) is 48.4 Å². The topological polar surface area (TPSA) is 23.6 Å². The molecule has 1 aromatic heterocycles. The van der Waals surface area contributed by atoms with Crippen molar-refractivity contribution in [2.24, 2.45) is 0 Å². The number of carbonyl (C=O) groups is 1. The Kier molecular flexibility index (Phi) is 4.19. The molecule has 0 saturated carbocycles. The molecule has 23 heavy (non-hydrogen) atoms. The molecule has 3 heterocycles. The fourth-order valence-electron chi connectivity index (χ4n) is 3.80. The Bertz CT molecular complexity index is 682. The zero-order chi connectivity index (χ0) is 15.6. The lowest BCUT2D eigenvalue weighted by Crippen LogP contribution is -2.42. The molecule has 1 amide bonds. The first kappa shape index (κ1) is 14.9. The van der Waals surface area contributed by atoms with E-state index < -0.39 is 0 Å². The minimum absolute atomic E-state index is 0.281. The average molecular weight is 326 g/mol. The van der Waals surface area contributed by atoms with Gasteiger partial charge in [-0.3, -0.25) is 9.69 Å². The highest BCUT2D eigenvalue weighted by molar-refractivity contribution is 7.10. The Labute approximate surface area is 141 Å². The van der Waals surface area contributed by atoms with Crippen LogP contribution in [-0.4, -0.2) is 35.3 Å². The Morgan fingerprint density at radius 1 is 1.13 bits per heavy atom. The van der Waals surface area contributed by atoms with Crippen LogP contribution in [0.5, 0.6) is 0 Å². The second-order valence-corrected chi connectivity index (χ2v) is 7.46. The van der Waals surface area contributed by atoms with E-state index >= 15 is 0 Å². The zero-order valence-electron chi connectivity index (χ0n) is 13.3. The predicted molar refractivity (Wildman–Crippen MR) is 93.4 cm³/mol. The van der Waals surface area contributed by atoms with Crippen LogP contribution in [0.3, 0.4) is 0 Å². The van der Waals surface area contributed by atoms with Gasteiger partial charge in [0.2, 0.25) is 5.91 Å². The van der Waals surface area contributed by atoms with E-state index in [2.05, 4.69) is 46.7 Å². The number of carbonyl (C=O) groups excluding carboxylic acids is 1. The number of fused-ring (bicyclic) bond motifs is 1. The molecule has 1 fully saturated rings. The fourth-order valence-corrected chi connectivity index (χ4v) is 4.70. The molecule has 4 rings (SSSR count). The smallest absolute Gasteiger partial charge is 0.237 e. The summed E-state index contributed by atoms with van der Waals surface area (Å²) in [5.74, 6) is 0.281. The van der Waals surface area contributed by atoms with Gasteiger partial charge < -0.3 is 4.90 Å². The van der Waals surface area contributed by atoms with Crippen LogP contribution in [0.2, 0.25) is 0 Å². The van der Waals surface area contributed by atoms with Gasteiger partial charge in [0.15, 0.2) is 0 Å². The summed E-state index contributed by atoms with van der Waals surface area (Å²) in [6, 6.07) is 13.3. The molecule has 0 aliphatic carbocycles. The van der Waals surface area contributed by atoms with Crippen molar-refractivity contribution in [3.05, 3.63) is 57.8 Å². The van der Waals surface area contributed by atoms with Crippen molar-refractivity contribution in [2.45, 2.75) is 31.8 Å². The van der Waals surface area contributed by atoms with Crippen molar-refractivity contribution < 1.29 is 4.79 Å². The van der Waals surface area contributed by atoms with Gasteiger partial charge in [-0.25, -0.2) is 0 Å². The molecule has 3 nitrogen and oxygen atoms in total. The number of hydrogen-bond acceptors (Lipinski definition) is 3. The zero-order valence-corrected chi connectivity index (χ0v) is 14.1. The van der Waals surface area contributed by atoms with Gasteiger partial charge in [-0.1, -0.05) is 30.3 Å². The largest absolute Gasteiger partial charge is 0.337 e. The van der Waals surface area contributed by atoms with Crippen LogP contribution in [0, 0.1) is 0 Å². The Balaban J connectivity index is 1.42. The van der Waals surface area contributed by atoms with E-state index in [-0.39, 0.29) is 5.91 Å². The molecule has 0 bridgehead atoms. The third-order valence-electron chi connectivity index (χ3n) is 5.06. The van der Waals surface area contributed by atoms with Crippen LogP contribution in [0.25, 0.3) is 0 Å². The highest BCUT2D eigenvalue weighted by atomic mass is 32.1. The van der Waals surface area contributed by atoms with Crippen molar-refractivity contribution in [1.29, 1.82) is 0 Å². The van der Waals surface area contributed by atoms with Crippen LogP contribution in [-0.2, 0) is 17.8 Å². The highest BCUT2D eigenvalue weighted by Gasteiger charge is 2.30. The molecule has 0 spiro atoms. The maximum Gasteiger partial charge on any atom is 0.237 e. The van der Waals surface area contributed by atoms with E-state index in [9.17, 15) is 4.79 Å². The molecule has 2 aromatic rings. The maximum absolute atomic E-state index is 12.8.